The lowest BCUT2D eigenvalue weighted by molar-refractivity contribution is 0.602. The molecule has 7 heteroatoms. The van der Waals surface area contributed by atoms with Crippen molar-refractivity contribution in [1.82, 2.24) is 9.55 Å². The predicted molar refractivity (Wildman–Crippen MR) is 91.3 cm³/mol. The smallest absolute Gasteiger partial charge is 0.205 e. The number of nitrogen functional groups attached to an aromatic ring is 1. The van der Waals surface area contributed by atoms with Crippen LogP contribution in [0, 0.1) is 3.57 Å². The van der Waals surface area contributed by atoms with E-state index < -0.39 is 9.84 Å². The van der Waals surface area contributed by atoms with Crippen molar-refractivity contribution < 1.29 is 8.42 Å². The number of rotatable bonds is 2. The highest BCUT2D eigenvalue weighted by Crippen LogP contribution is 2.28. The van der Waals surface area contributed by atoms with Gasteiger partial charge in [0, 0.05) is 9.83 Å². The van der Waals surface area contributed by atoms with Gasteiger partial charge in [-0.1, -0.05) is 12.1 Å². The summed E-state index contributed by atoms with van der Waals surface area (Å²) >= 11 is 2.21. The van der Waals surface area contributed by atoms with Crippen LogP contribution in [0.1, 0.15) is 0 Å². The van der Waals surface area contributed by atoms with Crippen LogP contribution >= 0.6 is 22.6 Å². The number of benzene rings is 2. The first-order valence-electron chi connectivity index (χ1n) is 6.11. The van der Waals surface area contributed by atoms with Gasteiger partial charge in [0.05, 0.1) is 16.1 Å². The molecule has 0 radical (unpaired) electrons. The van der Waals surface area contributed by atoms with Gasteiger partial charge >= 0.3 is 0 Å². The maximum Gasteiger partial charge on any atom is 0.205 e. The van der Waals surface area contributed by atoms with E-state index >= 15 is 0 Å². The van der Waals surface area contributed by atoms with Crippen molar-refractivity contribution in [1.29, 1.82) is 0 Å². The van der Waals surface area contributed by atoms with E-state index in [2.05, 4.69) is 27.6 Å². The number of halogens is 1. The number of nitrogens with zero attached hydrogens (tertiary/aromatic N) is 2. The Morgan fingerprint density at radius 3 is 2.57 bits per heavy atom. The number of sulfone groups is 1. The average molecular weight is 413 g/mol. The van der Waals surface area contributed by atoms with Crippen molar-refractivity contribution in [3.8, 4) is 5.69 Å². The fourth-order valence-electron chi connectivity index (χ4n) is 2.28. The molecule has 1 aromatic heterocycles. The van der Waals surface area contributed by atoms with Crippen LogP contribution < -0.4 is 5.73 Å². The minimum atomic E-state index is -3.36. The van der Waals surface area contributed by atoms with Crippen LogP contribution in [0.15, 0.2) is 47.4 Å². The summed E-state index contributed by atoms with van der Waals surface area (Å²) in [6.07, 6.45) is 1.17. The van der Waals surface area contributed by atoms with E-state index in [1.54, 1.807) is 16.7 Å². The fourth-order valence-corrected chi connectivity index (χ4v) is 3.63. The fraction of sp³-hybridized carbons (Fsp3) is 0.0714. The second kappa shape index (κ2) is 4.99. The number of fused-ring (bicyclic) bond motifs is 1. The van der Waals surface area contributed by atoms with Gasteiger partial charge in [-0.2, -0.15) is 0 Å². The quantitative estimate of drug-likeness (QED) is 0.656. The largest absolute Gasteiger partial charge is 0.369 e. The van der Waals surface area contributed by atoms with Crippen LogP contribution in [0.3, 0.4) is 0 Å². The Labute approximate surface area is 135 Å². The van der Waals surface area contributed by atoms with Gasteiger partial charge in [0.25, 0.3) is 0 Å². The molecule has 2 N–H and O–H groups in total. The molecule has 0 saturated carbocycles. The lowest BCUT2D eigenvalue weighted by Crippen LogP contribution is -2.00. The normalized spacial score (nSPS) is 11.9. The first kappa shape index (κ1) is 14.3. The number of hydrogen-bond donors (Lipinski definition) is 1. The van der Waals surface area contributed by atoms with Crippen molar-refractivity contribution in [2.24, 2.45) is 0 Å². The summed E-state index contributed by atoms with van der Waals surface area (Å²) in [7, 11) is -3.36. The maximum atomic E-state index is 11.9. The number of nitrogens with two attached hydrogens (primary N) is 1. The summed E-state index contributed by atoms with van der Waals surface area (Å²) in [4.78, 5) is 4.44. The molecule has 3 rings (SSSR count). The molecule has 0 atom stereocenters. The van der Waals surface area contributed by atoms with Crippen LogP contribution in [-0.4, -0.2) is 24.2 Å². The Hall–Kier alpha value is -1.61. The van der Waals surface area contributed by atoms with E-state index in [1.165, 1.54) is 6.26 Å². The SMILES string of the molecule is CS(=O)(=O)c1cccc2c1nc(N)n2-c1cccc(I)c1. The molecule has 0 fully saturated rings. The minimum Gasteiger partial charge on any atom is -0.369 e. The molecule has 2 aromatic carbocycles. The molecule has 5 nitrogen and oxygen atoms in total. The van der Waals surface area contributed by atoms with Crippen molar-refractivity contribution >= 4 is 49.4 Å². The Bertz CT molecular complexity index is 948. The first-order valence-corrected chi connectivity index (χ1v) is 9.08. The molecule has 0 amide bonds. The van der Waals surface area contributed by atoms with Gasteiger partial charge in [-0.25, -0.2) is 13.4 Å². The summed E-state index contributed by atoms with van der Waals surface area (Å²) < 4.78 is 26.6. The average Bonchev–Trinajstić information content (AvgIpc) is 2.73. The third kappa shape index (κ3) is 2.51. The zero-order valence-electron chi connectivity index (χ0n) is 11.1. The summed E-state index contributed by atoms with van der Waals surface area (Å²) in [5.41, 5.74) is 7.93. The summed E-state index contributed by atoms with van der Waals surface area (Å²) in [6, 6.07) is 12.8. The van der Waals surface area contributed by atoms with Crippen molar-refractivity contribution in [2.75, 3.05) is 12.0 Å². The third-order valence-corrected chi connectivity index (χ3v) is 4.94. The molecule has 21 heavy (non-hydrogen) atoms. The number of anilines is 1. The second-order valence-electron chi connectivity index (χ2n) is 4.68. The first-order chi connectivity index (χ1) is 9.88. The second-order valence-corrected chi connectivity index (χ2v) is 7.91. The highest BCUT2D eigenvalue weighted by atomic mass is 127. The zero-order valence-corrected chi connectivity index (χ0v) is 14.1. The molecule has 3 aromatic rings. The van der Waals surface area contributed by atoms with Gasteiger partial charge in [0.2, 0.25) is 5.95 Å². The van der Waals surface area contributed by atoms with Gasteiger partial charge in [-0.15, -0.1) is 0 Å². The van der Waals surface area contributed by atoms with Gasteiger partial charge in [0.15, 0.2) is 9.84 Å². The molecule has 0 aliphatic heterocycles. The number of imidazole rings is 1. The molecule has 0 saturated heterocycles. The number of para-hydroxylation sites is 1. The minimum absolute atomic E-state index is 0.191. The molecule has 1 heterocycles. The highest BCUT2D eigenvalue weighted by Gasteiger charge is 2.18. The highest BCUT2D eigenvalue weighted by molar-refractivity contribution is 14.1. The maximum absolute atomic E-state index is 11.9. The Balaban J connectivity index is 2.38. The summed E-state index contributed by atoms with van der Waals surface area (Å²) in [5.74, 6) is 0.267. The molecule has 0 aliphatic rings. The van der Waals surface area contributed by atoms with Crippen molar-refractivity contribution in [3.05, 3.63) is 46.0 Å². The lowest BCUT2D eigenvalue weighted by Gasteiger charge is -2.07. The van der Waals surface area contributed by atoms with E-state index in [-0.39, 0.29) is 10.8 Å². The van der Waals surface area contributed by atoms with Crippen molar-refractivity contribution in [3.63, 3.8) is 0 Å². The molecule has 0 unspecified atom stereocenters. The van der Waals surface area contributed by atoms with Crippen LogP contribution in [-0.2, 0) is 9.84 Å². The van der Waals surface area contributed by atoms with Gasteiger partial charge in [-0.05, 0) is 52.9 Å². The summed E-state index contributed by atoms with van der Waals surface area (Å²) in [6.45, 7) is 0. The third-order valence-electron chi connectivity index (χ3n) is 3.14. The Morgan fingerprint density at radius 2 is 1.90 bits per heavy atom. The van der Waals surface area contributed by atoms with Crippen molar-refractivity contribution in [2.45, 2.75) is 4.90 Å². The topological polar surface area (TPSA) is 78.0 Å². The standard InChI is InChI=1S/C14H12IN3O2S/c1-21(19,20)12-7-3-6-11-13(12)17-14(16)18(11)10-5-2-4-9(15)8-10/h2-8H,1H3,(H2,16,17). The zero-order chi connectivity index (χ0) is 15.2. The van der Waals surface area contributed by atoms with Crippen LogP contribution in [0.5, 0.6) is 0 Å². The van der Waals surface area contributed by atoms with Crippen LogP contribution in [0.2, 0.25) is 0 Å². The molecule has 0 bridgehead atoms. The van der Waals surface area contributed by atoms with E-state index in [0.29, 0.717) is 11.0 Å². The van der Waals surface area contributed by atoms with E-state index in [4.69, 9.17) is 5.73 Å². The van der Waals surface area contributed by atoms with Gasteiger partial charge in [-0.3, -0.25) is 4.57 Å². The molecule has 0 spiro atoms. The Morgan fingerprint density at radius 1 is 1.19 bits per heavy atom. The molecular formula is C14H12IN3O2S. The van der Waals surface area contributed by atoms with Gasteiger partial charge in [0.1, 0.15) is 5.52 Å². The van der Waals surface area contributed by atoms with Crippen LogP contribution in [0.4, 0.5) is 5.95 Å². The van der Waals surface area contributed by atoms with E-state index in [1.807, 2.05) is 30.3 Å². The van der Waals surface area contributed by atoms with Crippen LogP contribution in [0.25, 0.3) is 16.7 Å². The molecule has 0 aliphatic carbocycles. The van der Waals surface area contributed by atoms with E-state index in [0.717, 1.165) is 9.26 Å². The number of aromatic nitrogens is 2. The Kier molecular flexibility index (Phi) is 3.40. The van der Waals surface area contributed by atoms with E-state index in [9.17, 15) is 8.42 Å². The van der Waals surface area contributed by atoms with Gasteiger partial charge < -0.3 is 5.73 Å². The lowest BCUT2D eigenvalue weighted by atomic mass is 10.3. The molecular weight excluding hydrogens is 401 g/mol. The number of hydrogen-bond acceptors (Lipinski definition) is 4. The molecule has 108 valence electrons. The predicted octanol–water partition coefficient (Wildman–Crippen LogP) is 2.62. The monoisotopic (exact) mass is 413 g/mol. The summed E-state index contributed by atoms with van der Waals surface area (Å²) in [5, 5.41) is 0.